The van der Waals surface area contributed by atoms with E-state index in [1.165, 1.54) is 12.8 Å². The van der Waals surface area contributed by atoms with Gasteiger partial charge in [-0.3, -0.25) is 4.79 Å². The van der Waals surface area contributed by atoms with Crippen LogP contribution in [-0.2, 0) is 9.53 Å². The molecule has 0 radical (unpaired) electrons. The summed E-state index contributed by atoms with van der Waals surface area (Å²) in [6.07, 6.45) is 2.61. The summed E-state index contributed by atoms with van der Waals surface area (Å²) in [5.74, 6) is 0.797. The van der Waals surface area contributed by atoms with Crippen LogP contribution in [0.15, 0.2) is 0 Å². The molecule has 1 aliphatic rings. The number of hydrogen-bond donors (Lipinski definition) is 1. The van der Waals surface area contributed by atoms with E-state index in [0.29, 0.717) is 13.2 Å². The first kappa shape index (κ1) is 12.0. The normalized spacial score (nSPS) is 16.8. The third-order valence-electron chi connectivity index (χ3n) is 2.12. The minimum absolute atomic E-state index is 0.00696. The van der Waals surface area contributed by atoms with E-state index >= 15 is 0 Å². The summed E-state index contributed by atoms with van der Waals surface area (Å²) in [6.45, 7) is 5.72. The molecule has 0 heterocycles. The molecule has 1 N–H and O–H groups in total. The van der Waals surface area contributed by atoms with Crippen molar-refractivity contribution in [2.75, 3.05) is 19.8 Å². The number of rotatable bonds is 6. The first-order valence-corrected chi connectivity index (χ1v) is 5.84. The van der Waals surface area contributed by atoms with Crippen molar-refractivity contribution in [1.82, 2.24) is 5.32 Å². The van der Waals surface area contributed by atoms with Gasteiger partial charge in [0, 0.05) is 13.2 Å². The molecule has 0 atom stereocenters. The summed E-state index contributed by atoms with van der Waals surface area (Å²) in [5.41, 5.74) is 0. The highest BCUT2D eigenvalue weighted by atomic mass is 79.9. The molecule has 0 bridgehead atoms. The van der Waals surface area contributed by atoms with Crippen LogP contribution in [0.5, 0.6) is 0 Å². The molecule has 82 valence electrons. The van der Waals surface area contributed by atoms with Crippen molar-refractivity contribution in [3.63, 3.8) is 0 Å². The van der Waals surface area contributed by atoms with Crippen molar-refractivity contribution in [3.8, 4) is 0 Å². The number of halogens is 1. The van der Waals surface area contributed by atoms with E-state index in [1.54, 1.807) is 0 Å². The molecular weight excluding hydrogens is 246 g/mol. The average Bonchev–Trinajstić information content (AvgIpc) is 2.85. The topological polar surface area (TPSA) is 38.3 Å². The van der Waals surface area contributed by atoms with E-state index in [1.807, 2.05) is 13.8 Å². The maximum Gasteiger partial charge on any atom is 0.236 e. The Morgan fingerprint density at radius 1 is 1.57 bits per heavy atom. The highest BCUT2D eigenvalue weighted by molar-refractivity contribution is 9.10. The van der Waals surface area contributed by atoms with Crippen LogP contribution in [0.1, 0.15) is 26.7 Å². The minimum atomic E-state index is -0.483. The van der Waals surface area contributed by atoms with E-state index in [-0.39, 0.29) is 5.91 Å². The maximum absolute atomic E-state index is 11.4. The number of hydrogen-bond acceptors (Lipinski definition) is 2. The highest BCUT2D eigenvalue weighted by Gasteiger charge is 2.23. The van der Waals surface area contributed by atoms with Crippen LogP contribution in [0, 0.1) is 5.92 Å². The molecule has 0 saturated heterocycles. The zero-order chi connectivity index (χ0) is 10.6. The lowest BCUT2D eigenvalue weighted by atomic mass is 10.2. The van der Waals surface area contributed by atoms with Gasteiger partial charge in [0.05, 0.1) is 10.9 Å². The molecule has 0 aromatic heterocycles. The van der Waals surface area contributed by atoms with Crippen molar-refractivity contribution in [1.29, 1.82) is 0 Å². The van der Waals surface area contributed by atoms with Crippen LogP contribution in [-0.4, -0.2) is 30.0 Å². The molecule has 1 aliphatic carbocycles. The molecule has 4 heteroatoms. The molecule has 1 amide bonds. The second-order valence-corrected chi connectivity index (χ2v) is 6.23. The lowest BCUT2D eigenvalue weighted by molar-refractivity contribution is -0.122. The largest absolute Gasteiger partial charge is 0.379 e. The Morgan fingerprint density at radius 2 is 2.21 bits per heavy atom. The Morgan fingerprint density at radius 3 is 2.71 bits per heavy atom. The second-order valence-electron chi connectivity index (χ2n) is 4.25. The van der Waals surface area contributed by atoms with Gasteiger partial charge in [-0.15, -0.1) is 0 Å². The highest BCUT2D eigenvalue weighted by Crippen LogP contribution is 2.28. The molecule has 1 saturated carbocycles. The monoisotopic (exact) mass is 263 g/mol. The number of amides is 1. The van der Waals surface area contributed by atoms with Crippen molar-refractivity contribution < 1.29 is 9.53 Å². The van der Waals surface area contributed by atoms with Gasteiger partial charge in [0.2, 0.25) is 5.91 Å². The average molecular weight is 264 g/mol. The third kappa shape index (κ3) is 4.96. The van der Waals surface area contributed by atoms with Gasteiger partial charge in [0.25, 0.3) is 0 Å². The van der Waals surface area contributed by atoms with E-state index in [2.05, 4.69) is 21.2 Å². The summed E-state index contributed by atoms with van der Waals surface area (Å²) >= 11 is 3.29. The van der Waals surface area contributed by atoms with Gasteiger partial charge >= 0.3 is 0 Å². The zero-order valence-corrected chi connectivity index (χ0v) is 10.4. The molecule has 14 heavy (non-hydrogen) atoms. The number of carbonyl (C=O) groups excluding carboxylic acids is 1. The lowest BCUT2D eigenvalue weighted by Gasteiger charge is -2.15. The van der Waals surface area contributed by atoms with Gasteiger partial charge in [-0.05, 0) is 32.6 Å². The van der Waals surface area contributed by atoms with Gasteiger partial charge < -0.3 is 10.1 Å². The number of ether oxygens (including phenoxy) is 1. The van der Waals surface area contributed by atoms with Gasteiger partial charge in [-0.25, -0.2) is 0 Å². The molecule has 1 fully saturated rings. The molecule has 1 rings (SSSR count). The Labute approximate surface area is 93.7 Å². The van der Waals surface area contributed by atoms with Crippen molar-refractivity contribution in [2.24, 2.45) is 5.92 Å². The Bertz CT molecular complexity index is 197. The van der Waals surface area contributed by atoms with Crippen LogP contribution in [0.4, 0.5) is 0 Å². The molecule has 0 aromatic rings. The fraction of sp³-hybridized carbons (Fsp3) is 0.900. The van der Waals surface area contributed by atoms with Gasteiger partial charge in [-0.1, -0.05) is 15.9 Å². The van der Waals surface area contributed by atoms with Crippen molar-refractivity contribution in [2.45, 2.75) is 31.0 Å². The molecule has 0 aliphatic heterocycles. The number of nitrogens with one attached hydrogen (secondary N) is 1. The fourth-order valence-electron chi connectivity index (χ4n) is 0.981. The maximum atomic E-state index is 11.4. The number of carbonyl (C=O) groups is 1. The molecule has 0 spiro atoms. The van der Waals surface area contributed by atoms with Crippen LogP contribution in [0.3, 0.4) is 0 Å². The van der Waals surface area contributed by atoms with Gasteiger partial charge in [0.1, 0.15) is 0 Å². The standard InChI is InChI=1S/C10H18BrNO2/c1-10(2,11)9(13)12-5-6-14-7-8-3-4-8/h8H,3-7H2,1-2H3,(H,12,13). The van der Waals surface area contributed by atoms with Crippen molar-refractivity contribution >= 4 is 21.8 Å². The SMILES string of the molecule is CC(C)(Br)C(=O)NCCOCC1CC1. The van der Waals surface area contributed by atoms with Gasteiger partial charge in [-0.2, -0.15) is 0 Å². The third-order valence-corrected chi connectivity index (χ3v) is 2.48. The van der Waals surface area contributed by atoms with E-state index in [0.717, 1.165) is 12.5 Å². The summed E-state index contributed by atoms with van der Waals surface area (Å²) in [6, 6.07) is 0. The van der Waals surface area contributed by atoms with Crippen molar-refractivity contribution in [3.05, 3.63) is 0 Å². The van der Waals surface area contributed by atoms with Crippen LogP contribution >= 0.6 is 15.9 Å². The Balaban J connectivity index is 1.94. The molecular formula is C10H18BrNO2. The summed E-state index contributed by atoms with van der Waals surface area (Å²) in [5, 5.41) is 2.81. The Hall–Kier alpha value is -0.0900. The summed E-state index contributed by atoms with van der Waals surface area (Å²) in [7, 11) is 0. The predicted octanol–water partition coefficient (Wildman–Crippen LogP) is 1.70. The minimum Gasteiger partial charge on any atom is -0.379 e. The molecule has 0 unspecified atom stereocenters. The first-order valence-electron chi connectivity index (χ1n) is 5.05. The molecule has 3 nitrogen and oxygen atoms in total. The van der Waals surface area contributed by atoms with Crippen LogP contribution in [0.25, 0.3) is 0 Å². The first-order chi connectivity index (χ1) is 6.50. The summed E-state index contributed by atoms with van der Waals surface area (Å²) < 4.78 is 4.91. The van der Waals surface area contributed by atoms with E-state index in [9.17, 15) is 4.79 Å². The Kier molecular flexibility index (Phi) is 4.38. The smallest absolute Gasteiger partial charge is 0.236 e. The second kappa shape index (κ2) is 5.12. The lowest BCUT2D eigenvalue weighted by Crippen LogP contribution is -2.39. The fourth-order valence-corrected chi connectivity index (χ4v) is 1.12. The van der Waals surface area contributed by atoms with E-state index < -0.39 is 4.32 Å². The van der Waals surface area contributed by atoms with Crippen LogP contribution < -0.4 is 5.32 Å². The van der Waals surface area contributed by atoms with Crippen LogP contribution in [0.2, 0.25) is 0 Å². The summed E-state index contributed by atoms with van der Waals surface area (Å²) in [4.78, 5) is 11.4. The number of alkyl halides is 1. The van der Waals surface area contributed by atoms with E-state index in [4.69, 9.17) is 4.74 Å². The predicted molar refractivity (Wildman–Crippen MR) is 59.6 cm³/mol. The van der Waals surface area contributed by atoms with Gasteiger partial charge in [0.15, 0.2) is 0 Å². The quantitative estimate of drug-likeness (QED) is 0.585. The molecule has 0 aromatic carbocycles. The zero-order valence-electron chi connectivity index (χ0n) is 8.81.